The highest BCUT2D eigenvalue weighted by Gasteiger charge is 2.33. The Morgan fingerprint density at radius 3 is 2.30 bits per heavy atom. The van der Waals surface area contributed by atoms with Gasteiger partial charge in [-0.05, 0) is 36.5 Å². The van der Waals surface area contributed by atoms with Crippen LogP contribution >= 0.6 is 0 Å². The average molecular weight is 267 g/mol. The van der Waals surface area contributed by atoms with Gasteiger partial charge in [-0.3, -0.25) is 0 Å². The molecular formula is C18H21NO. The van der Waals surface area contributed by atoms with Gasteiger partial charge in [0.1, 0.15) is 0 Å². The molecule has 2 atom stereocenters. The summed E-state index contributed by atoms with van der Waals surface area (Å²) in [6, 6.07) is 19.3. The fraction of sp³-hybridized carbons (Fsp3) is 0.333. The minimum Gasteiger partial charge on any atom is -0.370 e. The SMILES string of the molecule is CC1(c2ccc(-c3ccccc3)cc2)CC(N)CCO1. The van der Waals surface area contributed by atoms with Crippen LogP contribution in [0.4, 0.5) is 0 Å². The maximum Gasteiger partial charge on any atom is 0.0918 e. The second-order valence-corrected chi connectivity index (χ2v) is 5.78. The van der Waals surface area contributed by atoms with Crippen molar-refractivity contribution in [2.24, 2.45) is 5.73 Å². The summed E-state index contributed by atoms with van der Waals surface area (Å²) in [7, 11) is 0. The maximum absolute atomic E-state index is 6.09. The van der Waals surface area contributed by atoms with E-state index in [4.69, 9.17) is 10.5 Å². The topological polar surface area (TPSA) is 35.2 Å². The summed E-state index contributed by atoms with van der Waals surface area (Å²) in [5.41, 5.74) is 9.54. The van der Waals surface area contributed by atoms with Crippen LogP contribution in [0.2, 0.25) is 0 Å². The van der Waals surface area contributed by atoms with Crippen LogP contribution in [0.5, 0.6) is 0 Å². The van der Waals surface area contributed by atoms with Gasteiger partial charge in [0.2, 0.25) is 0 Å². The molecule has 2 heteroatoms. The first kappa shape index (κ1) is 13.3. The van der Waals surface area contributed by atoms with Crippen LogP contribution in [0.1, 0.15) is 25.3 Å². The zero-order valence-electron chi connectivity index (χ0n) is 11.9. The molecule has 2 aromatic carbocycles. The van der Waals surface area contributed by atoms with Crippen molar-refractivity contribution in [1.29, 1.82) is 0 Å². The summed E-state index contributed by atoms with van der Waals surface area (Å²) < 4.78 is 5.99. The molecule has 1 heterocycles. The Morgan fingerprint density at radius 1 is 1.00 bits per heavy atom. The lowest BCUT2D eigenvalue weighted by Gasteiger charge is -2.37. The smallest absolute Gasteiger partial charge is 0.0918 e. The van der Waals surface area contributed by atoms with E-state index in [-0.39, 0.29) is 11.6 Å². The van der Waals surface area contributed by atoms with E-state index in [1.54, 1.807) is 0 Å². The van der Waals surface area contributed by atoms with E-state index in [9.17, 15) is 0 Å². The zero-order valence-corrected chi connectivity index (χ0v) is 11.9. The lowest BCUT2D eigenvalue weighted by molar-refractivity contribution is -0.0766. The predicted molar refractivity (Wildman–Crippen MR) is 82.4 cm³/mol. The Morgan fingerprint density at radius 2 is 1.65 bits per heavy atom. The van der Waals surface area contributed by atoms with Crippen LogP contribution in [0, 0.1) is 0 Å². The summed E-state index contributed by atoms with van der Waals surface area (Å²) >= 11 is 0. The van der Waals surface area contributed by atoms with E-state index in [0.29, 0.717) is 0 Å². The van der Waals surface area contributed by atoms with Crippen LogP contribution in [0.25, 0.3) is 11.1 Å². The molecule has 20 heavy (non-hydrogen) atoms. The number of hydrogen-bond donors (Lipinski definition) is 1. The molecule has 2 nitrogen and oxygen atoms in total. The fourth-order valence-electron chi connectivity index (χ4n) is 2.94. The summed E-state index contributed by atoms with van der Waals surface area (Å²) in [4.78, 5) is 0. The van der Waals surface area contributed by atoms with E-state index in [2.05, 4.69) is 55.5 Å². The van der Waals surface area contributed by atoms with Gasteiger partial charge in [0.15, 0.2) is 0 Å². The van der Waals surface area contributed by atoms with Crippen molar-refractivity contribution in [1.82, 2.24) is 0 Å². The van der Waals surface area contributed by atoms with Gasteiger partial charge in [-0.2, -0.15) is 0 Å². The molecule has 2 unspecified atom stereocenters. The van der Waals surface area contributed by atoms with Gasteiger partial charge in [-0.1, -0.05) is 54.6 Å². The first-order valence-corrected chi connectivity index (χ1v) is 7.23. The molecule has 2 N–H and O–H groups in total. The van der Waals surface area contributed by atoms with E-state index in [0.717, 1.165) is 19.4 Å². The minimum absolute atomic E-state index is 0.238. The van der Waals surface area contributed by atoms with Gasteiger partial charge in [-0.15, -0.1) is 0 Å². The Hall–Kier alpha value is -1.64. The molecule has 0 saturated carbocycles. The molecule has 0 aliphatic carbocycles. The lowest BCUT2D eigenvalue weighted by Crippen LogP contribution is -2.40. The number of nitrogens with two attached hydrogens (primary N) is 1. The Labute approximate surface area is 120 Å². The molecule has 2 aromatic rings. The van der Waals surface area contributed by atoms with Gasteiger partial charge in [0.25, 0.3) is 0 Å². The normalized spacial score (nSPS) is 26.4. The molecule has 1 aliphatic heterocycles. The molecular weight excluding hydrogens is 246 g/mol. The third kappa shape index (κ3) is 2.62. The van der Waals surface area contributed by atoms with Gasteiger partial charge < -0.3 is 10.5 Å². The van der Waals surface area contributed by atoms with Crippen LogP contribution in [-0.4, -0.2) is 12.6 Å². The highest BCUT2D eigenvalue weighted by atomic mass is 16.5. The quantitative estimate of drug-likeness (QED) is 0.900. The van der Waals surface area contributed by atoms with Crippen LogP contribution < -0.4 is 5.73 Å². The number of benzene rings is 2. The maximum atomic E-state index is 6.09. The fourth-order valence-corrected chi connectivity index (χ4v) is 2.94. The Balaban J connectivity index is 1.86. The molecule has 3 rings (SSSR count). The lowest BCUT2D eigenvalue weighted by atomic mass is 9.85. The monoisotopic (exact) mass is 267 g/mol. The molecule has 1 saturated heterocycles. The van der Waals surface area contributed by atoms with E-state index in [1.165, 1.54) is 16.7 Å². The van der Waals surface area contributed by atoms with Crippen molar-refractivity contribution in [3.05, 3.63) is 60.2 Å². The van der Waals surface area contributed by atoms with Crippen molar-refractivity contribution in [2.45, 2.75) is 31.4 Å². The number of rotatable bonds is 2. The van der Waals surface area contributed by atoms with E-state index >= 15 is 0 Å². The second-order valence-electron chi connectivity index (χ2n) is 5.78. The van der Waals surface area contributed by atoms with Crippen LogP contribution in [-0.2, 0) is 10.3 Å². The second kappa shape index (κ2) is 5.39. The van der Waals surface area contributed by atoms with Gasteiger partial charge in [-0.25, -0.2) is 0 Å². The number of ether oxygens (including phenoxy) is 1. The van der Waals surface area contributed by atoms with Gasteiger partial charge in [0, 0.05) is 12.6 Å². The van der Waals surface area contributed by atoms with Crippen molar-refractivity contribution in [2.75, 3.05) is 6.61 Å². The van der Waals surface area contributed by atoms with Crippen molar-refractivity contribution < 1.29 is 4.74 Å². The van der Waals surface area contributed by atoms with Crippen molar-refractivity contribution in [3.8, 4) is 11.1 Å². The molecule has 1 aliphatic rings. The first-order valence-electron chi connectivity index (χ1n) is 7.23. The summed E-state index contributed by atoms with van der Waals surface area (Å²) in [5, 5.41) is 0. The summed E-state index contributed by atoms with van der Waals surface area (Å²) in [6.45, 7) is 2.89. The molecule has 1 fully saturated rings. The first-order chi connectivity index (χ1) is 9.67. The Kier molecular flexibility index (Phi) is 3.60. The molecule has 0 spiro atoms. The zero-order chi connectivity index (χ0) is 14.0. The van der Waals surface area contributed by atoms with E-state index in [1.807, 2.05) is 6.07 Å². The minimum atomic E-state index is -0.243. The molecule has 0 bridgehead atoms. The Bertz CT molecular complexity index is 564. The standard InChI is InChI=1S/C18H21NO/c1-18(13-17(19)11-12-20-18)16-9-7-15(8-10-16)14-5-3-2-4-6-14/h2-10,17H,11-13,19H2,1H3. The molecule has 0 aromatic heterocycles. The largest absolute Gasteiger partial charge is 0.370 e. The third-order valence-corrected chi connectivity index (χ3v) is 4.16. The van der Waals surface area contributed by atoms with E-state index < -0.39 is 0 Å². The summed E-state index contributed by atoms with van der Waals surface area (Å²) in [6.07, 6.45) is 1.84. The highest BCUT2D eigenvalue weighted by Crippen LogP contribution is 2.35. The van der Waals surface area contributed by atoms with Crippen molar-refractivity contribution >= 4 is 0 Å². The van der Waals surface area contributed by atoms with Crippen LogP contribution in [0.3, 0.4) is 0 Å². The predicted octanol–water partition coefficient (Wildman–Crippen LogP) is 3.71. The van der Waals surface area contributed by atoms with Crippen LogP contribution in [0.15, 0.2) is 54.6 Å². The molecule has 104 valence electrons. The summed E-state index contributed by atoms with van der Waals surface area (Å²) in [5.74, 6) is 0. The highest BCUT2D eigenvalue weighted by molar-refractivity contribution is 5.63. The number of hydrogen-bond acceptors (Lipinski definition) is 2. The molecule has 0 radical (unpaired) electrons. The third-order valence-electron chi connectivity index (χ3n) is 4.16. The average Bonchev–Trinajstić information content (AvgIpc) is 2.48. The van der Waals surface area contributed by atoms with Gasteiger partial charge >= 0.3 is 0 Å². The molecule has 0 amide bonds. The van der Waals surface area contributed by atoms with Crippen molar-refractivity contribution in [3.63, 3.8) is 0 Å². The van der Waals surface area contributed by atoms with Gasteiger partial charge in [0.05, 0.1) is 5.60 Å².